The summed E-state index contributed by atoms with van der Waals surface area (Å²) in [5.41, 5.74) is 5.16. The van der Waals surface area contributed by atoms with E-state index in [4.69, 9.17) is 33.3 Å². The minimum Gasteiger partial charge on any atom is -0.351 e. The van der Waals surface area contributed by atoms with E-state index < -0.39 is 6.04 Å². The molecule has 0 saturated carbocycles. The molecule has 1 aliphatic heterocycles. The number of nitrogens with zero attached hydrogens (tertiary/aromatic N) is 3. The number of rotatable bonds is 4. The summed E-state index contributed by atoms with van der Waals surface area (Å²) in [5, 5.41) is 8.66. The van der Waals surface area contributed by atoms with Gasteiger partial charge in [-0.1, -0.05) is 64.8 Å². The number of thiocarbonyl (C=S) groups is 1. The summed E-state index contributed by atoms with van der Waals surface area (Å²) >= 11 is 12.0. The number of aromatic nitrogens is 2. The van der Waals surface area contributed by atoms with Crippen LogP contribution >= 0.6 is 23.8 Å². The summed E-state index contributed by atoms with van der Waals surface area (Å²) in [5.74, 6) is 0.518. The van der Waals surface area contributed by atoms with Gasteiger partial charge in [0.2, 0.25) is 5.82 Å². The quantitative estimate of drug-likeness (QED) is 0.321. The molecule has 34 heavy (non-hydrogen) atoms. The van der Waals surface area contributed by atoms with Crippen LogP contribution in [0.4, 0.5) is 10.1 Å². The standard InChI is InChI=1S/C26H20ClFN4OS/c1-15-6-8-18(9-7-15)24-30-25(33-31-24)22-16(2)32(21-5-3-4-19(27)14-21)26(34)29-23(22)17-10-12-20(28)13-11-17/h3-14,23H,1-2H3,(H,29,34). The number of anilines is 1. The second-order valence-corrected chi connectivity index (χ2v) is 8.86. The van der Waals surface area contributed by atoms with Crippen LogP contribution < -0.4 is 10.2 Å². The lowest BCUT2D eigenvalue weighted by molar-refractivity contribution is 0.404. The third-order valence-corrected chi connectivity index (χ3v) is 6.26. The number of nitrogens with one attached hydrogen (secondary N) is 1. The Morgan fingerprint density at radius 1 is 1.03 bits per heavy atom. The molecule has 3 aromatic carbocycles. The zero-order valence-electron chi connectivity index (χ0n) is 18.4. The van der Waals surface area contributed by atoms with Crippen molar-refractivity contribution in [3.05, 3.63) is 106 Å². The molecule has 0 radical (unpaired) electrons. The highest BCUT2D eigenvalue weighted by atomic mass is 35.5. The van der Waals surface area contributed by atoms with Crippen molar-refractivity contribution in [3.63, 3.8) is 0 Å². The molecule has 2 heterocycles. The summed E-state index contributed by atoms with van der Waals surface area (Å²) in [6, 6.07) is 21.2. The van der Waals surface area contributed by atoms with Gasteiger partial charge in [0.05, 0.1) is 11.6 Å². The average Bonchev–Trinajstić information content (AvgIpc) is 3.29. The molecule has 5 rings (SSSR count). The highest BCUT2D eigenvalue weighted by Gasteiger charge is 2.34. The van der Waals surface area contributed by atoms with E-state index in [2.05, 4.69) is 10.5 Å². The lowest BCUT2D eigenvalue weighted by atomic mass is 9.94. The largest absolute Gasteiger partial charge is 0.351 e. The van der Waals surface area contributed by atoms with Gasteiger partial charge in [0.15, 0.2) is 5.11 Å². The third-order valence-electron chi connectivity index (χ3n) is 5.72. The molecule has 1 unspecified atom stereocenters. The van der Waals surface area contributed by atoms with Crippen LogP contribution in [0.15, 0.2) is 83.0 Å². The smallest absolute Gasteiger partial charge is 0.258 e. The maximum absolute atomic E-state index is 13.6. The van der Waals surface area contributed by atoms with E-state index in [0.717, 1.165) is 33.6 Å². The predicted molar refractivity (Wildman–Crippen MR) is 136 cm³/mol. The molecule has 170 valence electrons. The van der Waals surface area contributed by atoms with E-state index in [9.17, 15) is 4.39 Å². The fourth-order valence-corrected chi connectivity index (χ4v) is 4.55. The first kappa shape index (κ1) is 22.3. The van der Waals surface area contributed by atoms with E-state index in [-0.39, 0.29) is 5.82 Å². The van der Waals surface area contributed by atoms with Crippen molar-refractivity contribution in [3.8, 4) is 11.4 Å². The number of hydrogen-bond donors (Lipinski definition) is 1. The van der Waals surface area contributed by atoms with E-state index in [0.29, 0.717) is 21.9 Å². The number of benzene rings is 3. The Morgan fingerprint density at radius 3 is 2.47 bits per heavy atom. The van der Waals surface area contributed by atoms with Gasteiger partial charge in [0.25, 0.3) is 5.89 Å². The second kappa shape index (κ2) is 9.00. The molecule has 0 spiro atoms. The number of allylic oxidation sites excluding steroid dienone is 1. The van der Waals surface area contributed by atoms with Crippen LogP contribution in [0.3, 0.4) is 0 Å². The summed E-state index contributed by atoms with van der Waals surface area (Å²) in [4.78, 5) is 6.58. The zero-order chi connectivity index (χ0) is 23.8. The molecular formula is C26H20ClFN4OS. The van der Waals surface area contributed by atoms with Gasteiger partial charge in [-0.25, -0.2) is 4.39 Å². The molecule has 0 amide bonds. The van der Waals surface area contributed by atoms with Crippen molar-refractivity contribution in [2.24, 2.45) is 0 Å². The normalized spacial score (nSPS) is 16.1. The van der Waals surface area contributed by atoms with Crippen LogP contribution in [0.2, 0.25) is 5.02 Å². The van der Waals surface area contributed by atoms with Crippen molar-refractivity contribution in [2.45, 2.75) is 19.9 Å². The van der Waals surface area contributed by atoms with E-state index in [1.54, 1.807) is 18.2 Å². The minimum atomic E-state index is -0.408. The topological polar surface area (TPSA) is 54.2 Å². The van der Waals surface area contributed by atoms with Crippen LogP contribution in [0.5, 0.6) is 0 Å². The SMILES string of the molecule is CC1=C(c2nc(-c3ccc(C)cc3)no2)C(c2ccc(F)cc2)NC(=S)N1c1cccc(Cl)c1. The zero-order valence-corrected chi connectivity index (χ0v) is 20.0. The molecule has 0 aliphatic carbocycles. The maximum Gasteiger partial charge on any atom is 0.258 e. The molecule has 5 nitrogen and oxygen atoms in total. The van der Waals surface area contributed by atoms with Crippen molar-refractivity contribution in [2.75, 3.05) is 4.90 Å². The van der Waals surface area contributed by atoms with Gasteiger partial charge >= 0.3 is 0 Å². The van der Waals surface area contributed by atoms with E-state index >= 15 is 0 Å². The van der Waals surface area contributed by atoms with Crippen molar-refractivity contribution in [1.82, 2.24) is 15.5 Å². The average molecular weight is 491 g/mol. The lowest BCUT2D eigenvalue weighted by Crippen LogP contribution is -2.46. The van der Waals surface area contributed by atoms with Crippen molar-refractivity contribution in [1.29, 1.82) is 0 Å². The van der Waals surface area contributed by atoms with Crippen LogP contribution in [0.25, 0.3) is 17.0 Å². The van der Waals surface area contributed by atoms with Gasteiger partial charge in [-0.2, -0.15) is 4.98 Å². The molecular weight excluding hydrogens is 471 g/mol. The molecule has 0 saturated heterocycles. The minimum absolute atomic E-state index is 0.315. The van der Waals surface area contributed by atoms with E-state index in [1.807, 2.05) is 61.2 Å². The van der Waals surface area contributed by atoms with Gasteiger partial charge < -0.3 is 9.84 Å². The Morgan fingerprint density at radius 2 is 1.76 bits per heavy atom. The number of halogens is 2. The second-order valence-electron chi connectivity index (χ2n) is 8.04. The van der Waals surface area contributed by atoms with Gasteiger partial charge in [-0.05, 0) is 62.0 Å². The maximum atomic E-state index is 13.6. The van der Waals surface area contributed by atoms with Crippen molar-refractivity contribution >= 4 is 40.2 Å². The van der Waals surface area contributed by atoms with Crippen LogP contribution in [0, 0.1) is 12.7 Å². The van der Waals surface area contributed by atoms with Gasteiger partial charge in [0, 0.05) is 22.0 Å². The molecule has 1 aromatic heterocycles. The van der Waals surface area contributed by atoms with Crippen LogP contribution in [-0.2, 0) is 0 Å². The van der Waals surface area contributed by atoms with E-state index in [1.165, 1.54) is 12.1 Å². The Balaban J connectivity index is 1.65. The highest BCUT2D eigenvalue weighted by molar-refractivity contribution is 7.80. The van der Waals surface area contributed by atoms with Crippen LogP contribution in [0.1, 0.15) is 30.0 Å². The molecule has 1 atom stereocenters. The fraction of sp³-hybridized carbons (Fsp3) is 0.115. The summed E-state index contributed by atoms with van der Waals surface area (Å²) in [7, 11) is 0. The summed E-state index contributed by atoms with van der Waals surface area (Å²) in [6.45, 7) is 3.96. The van der Waals surface area contributed by atoms with Gasteiger partial charge in [0.1, 0.15) is 5.82 Å². The van der Waals surface area contributed by atoms with Gasteiger partial charge in [-0.15, -0.1) is 0 Å². The summed E-state index contributed by atoms with van der Waals surface area (Å²) in [6.07, 6.45) is 0. The number of hydrogen-bond acceptors (Lipinski definition) is 4. The molecule has 8 heteroatoms. The predicted octanol–water partition coefficient (Wildman–Crippen LogP) is 6.70. The molecule has 4 aromatic rings. The third kappa shape index (κ3) is 4.20. The molecule has 1 aliphatic rings. The molecule has 0 bridgehead atoms. The first-order valence-corrected chi connectivity index (χ1v) is 11.4. The molecule has 1 N–H and O–H groups in total. The first-order chi connectivity index (χ1) is 16.4. The Bertz CT molecular complexity index is 1400. The van der Waals surface area contributed by atoms with Gasteiger partial charge in [-0.3, -0.25) is 4.90 Å². The first-order valence-electron chi connectivity index (χ1n) is 10.6. The Kier molecular flexibility index (Phi) is 5.89. The number of aryl methyl sites for hydroxylation is 1. The Labute approximate surface area is 206 Å². The molecule has 0 fully saturated rings. The summed E-state index contributed by atoms with van der Waals surface area (Å²) < 4.78 is 19.4. The van der Waals surface area contributed by atoms with Crippen LogP contribution in [-0.4, -0.2) is 15.3 Å². The fourth-order valence-electron chi connectivity index (χ4n) is 4.00. The Hall–Kier alpha value is -3.55. The van der Waals surface area contributed by atoms with Crippen molar-refractivity contribution < 1.29 is 8.91 Å². The highest BCUT2D eigenvalue weighted by Crippen LogP contribution is 2.39. The lowest BCUT2D eigenvalue weighted by Gasteiger charge is -2.37. The monoisotopic (exact) mass is 490 g/mol.